The minimum absolute atomic E-state index is 0.0689. The Bertz CT molecular complexity index is 732. The fraction of sp³-hybridized carbons (Fsp3) is 0.118. The quantitative estimate of drug-likeness (QED) is 0.722. The van der Waals surface area contributed by atoms with E-state index in [0.29, 0.717) is 6.54 Å². The molecule has 0 unspecified atom stereocenters. The van der Waals surface area contributed by atoms with Crippen molar-refractivity contribution in [2.24, 2.45) is 0 Å². The molecular weight excluding hydrogens is 262 g/mol. The number of anilines is 1. The third-order valence-electron chi connectivity index (χ3n) is 3.46. The van der Waals surface area contributed by atoms with Crippen LogP contribution in [-0.2, 0) is 13.2 Å². The molecule has 4 nitrogen and oxygen atoms in total. The standard InChI is InChI=1S/C17H17N3O/c18-17-4-2-1-3-16(17)15-9-19-20(11-15)10-13-5-7-14(12-21)8-6-13/h1-9,11,21H,10,12,18H2. The van der Waals surface area contributed by atoms with Crippen molar-refractivity contribution in [1.82, 2.24) is 9.78 Å². The summed E-state index contributed by atoms with van der Waals surface area (Å²) in [5, 5.41) is 13.4. The summed E-state index contributed by atoms with van der Waals surface area (Å²) in [6, 6.07) is 15.6. The van der Waals surface area contributed by atoms with Crippen LogP contribution in [0.3, 0.4) is 0 Å². The smallest absolute Gasteiger partial charge is 0.0681 e. The molecule has 2 aromatic carbocycles. The van der Waals surface area contributed by atoms with Gasteiger partial charge in [-0.1, -0.05) is 42.5 Å². The van der Waals surface area contributed by atoms with Crippen LogP contribution >= 0.6 is 0 Å². The predicted octanol–water partition coefficient (Wildman–Crippen LogP) is 2.67. The van der Waals surface area contributed by atoms with Crippen molar-refractivity contribution >= 4 is 5.69 Å². The lowest BCUT2D eigenvalue weighted by atomic mass is 10.1. The Morgan fingerprint density at radius 3 is 2.43 bits per heavy atom. The van der Waals surface area contributed by atoms with Gasteiger partial charge < -0.3 is 10.8 Å². The molecule has 0 amide bonds. The zero-order chi connectivity index (χ0) is 14.7. The van der Waals surface area contributed by atoms with Crippen LogP contribution in [0.25, 0.3) is 11.1 Å². The van der Waals surface area contributed by atoms with Gasteiger partial charge in [-0.2, -0.15) is 5.10 Å². The van der Waals surface area contributed by atoms with Gasteiger partial charge in [0, 0.05) is 23.0 Å². The van der Waals surface area contributed by atoms with Gasteiger partial charge in [-0.15, -0.1) is 0 Å². The first-order valence-corrected chi connectivity index (χ1v) is 6.82. The summed E-state index contributed by atoms with van der Waals surface area (Å²) in [7, 11) is 0. The van der Waals surface area contributed by atoms with E-state index in [4.69, 9.17) is 10.8 Å². The number of aliphatic hydroxyl groups excluding tert-OH is 1. The Balaban J connectivity index is 1.80. The first-order chi connectivity index (χ1) is 10.3. The Morgan fingerprint density at radius 1 is 1.00 bits per heavy atom. The number of nitrogens with zero attached hydrogens (tertiary/aromatic N) is 2. The van der Waals surface area contributed by atoms with E-state index in [0.717, 1.165) is 27.9 Å². The molecule has 0 saturated heterocycles. The van der Waals surface area contributed by atoms with Gasteiger partial charge in [0.1, 0.15) is 0 Å². The van der Waals surface area contributed by atoms with Crippen molar-refractivity contribution in [3.05, 3.63) is 72.1 Å². The Hall–Kier alpha value is -2.59. The summed E-state index contributed by atoms with van der Waals surface area (Å²) in [6.45, 7) is 0.762. The molecule has 0 bridgehead atoms. The zero-order valence-electron chi connectivity index (χ0n) is 11.6. The first kappa shape index (κ1) is 13.4. The SMILES string of the molecule is Nc1ccccc1-c1cnn(Cc2ccc(CO)cc2)c1. The van der Waals surface area contributed by atoms with E-state index < -0.39 is 0 Å². The number of hydrogen-bond acceptors (Lipinski definition) is 3. The molecule has 1 heterocycles. The van der Waals surface area contributed by atoms with E-state index in [1.807, 2.05) is 65.6 Å². The number of nitrogens with two attached hydrogens (primary N) is 1. The van der Waals surface area contributed by atoms with Crippen LogP contribution in [0.5, 0.6) is 0 Å². The molecule has 0 saturated carbocycles. The fourth-order valence-electron chi connectivity index (χ4n) is 2.29. The van der Waals surface area contributed by atoms with E-state index in [1.54, 1.807) is 0 Å². The first-order valence-electron chi connectivity index (χ1n) is 6.82. The molecule has 0 atom stereocenters. The van der Waals surface area contributed by atoms with Gasteiger partial charge in [-0.3, -0.25) is 4.68 Å². The molecule has 0 aliphatic rings. The fourth-order valence-corrected chi connectivity index (χ4v) is 2.29. The molecule has 106 valence electrons. The van der Waals surface area contributed by atoms with E-state index in [1.165, 1.54) is 0 Å². The van der Waals surface area contributed by atoms with E-state index in [9.17, 15) is 0 Å². The van der Waals surface area contributed by atoms with Crippen LogP contribution in [0.2, 0.25) is 0 Å². The van der Waals surface area contributed by atoms with Gasteiger partial charge in [-0.25, -0.2) is 0 Å². The van der Waals surface area contributed by atoms with E-state index >= 15 is 0 Å². The highest BCUT2D eigenvalue weighted by Gasteiger charge is 2.05. The summed E-state index contributed by atoms with van der Waals surface area (Å²) in [5.74, 6) is 0. The number of rotatable bonds is 4. The van der Waals surface area contributed by atoms with Gasteiger partial charge in [0.15, 0.2) is 0 Å². The normalized spacial score (nSPS) is 10.7. The molecule has 0 radical (unpaired) electrons. The molecular formula is C17H17N3O. The van der Waals surface area contributed by atoms with E-state index in [2.05, 4.69) is 5.10 Å². The highest BCUT2D eigenvalue weighted by atomic mass is 16.3. The maximum atomic E-state index is 9.04. The number of para-hydroxylation sites is 1. The summed E-state index contributed by atoms with van der Waals surface area (Å²) in [4.78, 5) is 0. The largest absolute Gasteiger partial charge is 0.398 e. The molecule has 0 spiro atoms. The lowest BCUT2D eigenvalue weighted by molar-refractivity contribution is 0.282. The number of nitrogen functional groups attached to an aromatic ring is 1. The maximum absolute atomic E-state index is 9.04. The van der Waals surface area contributed by atoms with Crippen molar-refractivity contribution in [3.8, 4) is 11.1 Å². The third-order valence-corrected chi connectivity index (χ3v) is 3.46. The average molecular weight is 279 g/mol. The maximum Gasteiger partial charge on any atom is 0.0681 e. The molecule has 3 rings (SSSR count). The zero-order valence-corrected chi connectivity index (χ0v) is 11.6. The average Bonchev–Trinajstić information content (AvgIpc) is 2.97. The molecule has 3 aromatic rings. The van der Waals surface area contributed by atoms with Gasteiger partial charge in [0.05, 0.1) is 19.3 Å². The Kier molecular flexibility index (Phi) is 3.71. The topological polar surface area (TPSA) is 64.1 Å². The van der Waals surface area contributed by atoms with Crippen molar-refractivity contribution in [2.45, 2.75) is 13.2 Å². The molecule has 3 N–H and O–H groups in total. The van der Waals surface area contributed by atoms with Gasteiger partial charge >= 0.3 is 0 Å². The number of benzene rings is 2. The second kappa shape index (κ2) is 5.81. The monoisotopic (exact) mass is 279 g/mol. The summed E-state index contributed by atoms with van der Waals surface area (Å²) >= 11 is 0. The minimum atomic E-state index is 0.0689. The summed E-state index contributed by atoms with van der Waals surface area (Å²) in [5.41, 5.74) is 10.8. The predicted molar refractivity (Wildman–Crippen MR) is 83.5 cm³/mol. The number of aliphatic hydroxyl groups is 1. The number of hydrogen-bond donors (Lipinski definition) is 2. The second-order valence-electron chi connectivity index (χ2n) is 4.99. The Morgan fingerprint density at radius 2 is 1.71 bits per heavy atom. The highest BCUT2D eigenvalue weighted by Crippen LogP contribution is 2.24. The van der Waals surface area contributed by atoms with Crippen LogP contribution in [0.1, 0.15) is 11.1 Å². The number of aromatic nitrogens is 2. The van der Waals surface area contributed by atoms with Gasteiger partial charge in [0.2, 0.25) is 0 Å². The molecule has 0 fully saturated rings. The van der Waals surface area contributed by atoms with Crippen LogP contribution in [-0.4, -0.2) is 14.9 Å². The summed E-state index contributed by atoms with van der Waals surface area (Å²) < 4.78 is 1.88. The van der Waals surface area contributed by atoms with Crippen molar-refractivity contribution in [3.63, 3.8) is 0 Å². The second-order valence-corrected chi connectivity index (χ2v) is 4.99. The lowest BCUT2D eigenvalue weighted by Crippen LogP contribution is -1.99. The van der Waals surface area contributed by atoms with Crippen molar-refractivity contribution in [1.29, 1.82) is 0 Å². The van der Waals surface area contributed by atoms with Crippen LogP contribution in [0.4, 0.5) is 5.69 Å². The molecule has 1 aromatic heterocycles. The van der Waals surface area contributed by atoms with Crippen LogP contribution in [0.15, 0.2) is 60.9 Å². The molecule has 21 heavy (non-hydrogen) atoms. The van der Waals surface area contributed by atoms with Crippen LogP contribution < -0.4 is 5.73 Å². The van der Waals surface area contributed by atoms with Crippen LogP contribution in [0, 0.1) is 0 Å². The minimum Gasteiger partial charge on any atom is -0.398 e. The molecule has 0 aliphatic heterocycles. The van der Waals surface area contributed by atoms with Gasteiger partial charge in [-0.05, 0) is 17.2 Å². The lowest BCUT2D eigenvalue weighted by Gasteiger charge is -2.04. The molecule has 4 heteroatoms. The van der Waals surface area contributed by atoms with Gasteiger partial charge in [0.25, 0.3) is 0 Å². The molecule has 0 aliphatic carbocycles. The van der Waals surface area contributed by atoms with E-state index in [-0.39, 0.29) is 6.61 Å². The summed E-state index contributed by atoms with van der Waals surface area (Å²) in [6.07, 6.45) is 3.82. The Labute approximate surface area is 123 Å². The third kappa shape index (κ3) is 2.95. The van der Waals surface area contributed by atoms with Crippen molar-refractivity contribution < 1.29 is 5.11 Å². The van der Waals surface area contributed by atoms with Crippen molar-refractivity contribution in [2.75, 3.05) is 5.73 Å². The highest BCUT2D eigenvalue weighted by molar-refractivity contribution is 5.75.